The summed E-state index contributed by atoms with van der Waals surface area (Å²) in [6, 6.07) is 44.3. The minimum atomic E-state index is -1.11. The van der Waals surface area contributed by atoms with Crippen molar-refractivity contribution in [3.63, 3.8) is 0 Å². The van der Waals surface area contributed by atoms with Crippen molar-refractivity contribution in [3.8, 4) is 0 Å². The van der Waals surface area contributed by atoms with Crippen molar-refractivity contribution in [2.75, 3.05) is 60.4 Å². The molecule has 0 saturated heterocycles. The molecule has 0 saturated carbocycles. The molecular formula is C78H74BrCl4F5N6O10. The zero-order valence-corrected chi connectivity index (χ0v) is 61.3. The van der Waals surface area contributed by atoms with Crippen LogP contribution in [0.2, 0.25) is 20.1 Å². The Hall–Kier alpha value is -9.26. The van der Waals surface area contributed by atoms with Crippen molar-refractivity contribution in [2.24, 2.45) is 0 Å². The van der Waals surface area contributed by atoms with Gasteiger partial charge in [0.1, 0.15) is 29.1 Å². The molecule has 104 heavy (non-hydrogen) atoms. The van der Waals surface area contributed by atoms with E-state index >= 15 is 0 Å². The van der Waals surface area contributed by atoms with Gasteiger partial charge in [0.25, 0.3) is 11.8 Å². The van der Waals surface area contributed by atoms with Gasteiger partial charge in [0.15, 0.2) is 0 Å². The maximum Gasteiger partial charge on any atom is 0.337 e. The quantitative estimate of drug-likeness (QED) is 0.0221. The van der Waals surface area contributed by atoms with Gasteiger partial charge in [-0.3, -0.25) is 20.0 Å². The zero-order valence-electron chi connectivity index (χ0n) is 56.7. The molecule has 26 heteroatoms. The lowest BCUT2D eigenvalue weighted by molar-refractivity contribution is 0.0591. The highest BCUT2D eigenvalue weighted by Gasteiger charge is 2.24. The van der Waals surface area contributed by atoms with E-state index in [0.29, 0.717) is 62.8 Å². The number of hydrogen-bond donors (Lipinski definition) is 6. The summed E-state index contributed by atoms with van der Waals surface area (Å²) in [7, 11) is 2.54. The van der Waals surface area contributed by atoms with E-state index < -0.39 is 58.8 Å². The molecule has 6 N–H and O–H groups in total. The van der Waals surface area contributed by atoms with Crippen molar-refractivity contribution in [1.82, 2.24) is 11.0 Å². The van der Waals surface area contributed by atoms with Crippen LogP contribution in [0.1, 0.15) is 128 Å². The molecule has 0 aromatic heterocycles. The van der Waals surface area contributed by atoms with Gasteiger partial charge in [0.2, 0.25) is 0 Å². The first-order valence-electron chi connectivity index (χ1n) is 32.8. The van der Waals surface area contributed by atoms with E-state index in [0.717, 1.165) is 116 Å². The number of nitrogens with one attached hydrogen (secondary N) is 3. The standard InChI is InChI=1S/C18H17ClFNO2.2C17H16ClFN2O2.C9H8BrFO2.C9H10ClN.C8H7FO2/c1-23-18(22)13-4-5-14(16(20)10-13)11-21-8-2-3-12-9-15(19)6-7-17(12)21;2*18-14-5-6-16-11(8-14)2-1-7-21(16)10-13-4-3-12(9-15(13)19)17(22)20-23;1-13-9(12)6-2-3-7(5-10)8(11)4-6;10-8-3-4-9-7(6-8)2-1-5-11-9;1-5-2-3-6(8(10)11)4-7(5)9/h4-7,9-10H,2-3,8,11H2,1H3;2*3-6,8-9,23H,1-2,7,10H2,(H,20,22);2-4H,5H2,1H3;3-4,6,11H,1-2,5H2;2-4H,1H3,(H,10,11). The second kappa shape index (κ2) is 39.0. The average Bonchev–Trinajstić information content (AvgIpc) is 0.815. The number of carbonyl (C=O) groups excluding carboxylic acids is 4. The lowest BCUT2D eigenvalue weighted by Crippen LogP contribution is -2.29. The first-order chi connectivity index (χ1) is 49.9. The molecule has 0 spiro atoms. The molecule has 13 rings (SSSR count). The maximum atomic E-state index is 14.3. The zero-order chi connectivity index (χ0) is 75.1. The summed E-state index contributed by atoms with van der Waals surface area (Å²) in [5.74, 6) is -5.84. The van der Waals surface area contributed by atoms with Crippen LogP contribution in [-0.4, -0.2) is 85.6 Å². The molecule has 2 amide bonds. The fourth-order valence-corrected chi connectivity index (χ4v) is 13.0. The molecule has 4 aliphatic rings. The predicted molar refractivity (Wildman–Crippen MR) is 398 cm³/mol. The first kappa shape index (κ1) is 80.4. The number of benzene rings is 9. The first-order valence-corrected chi connectivity index (χ1v) is 35.4. The van der Waals surface area contributed by atoms with Gasteiger partial charge in [-0.05, 0) is 225 Å². The second-order valence-electron chi connectivity index (χ2n) is 24.2. The molecule has 4 aliphatic heterocycles. The highest BCUT2D eigenvalue weighted by Crippen LogP contribution is 2.35. The van der Waals surface area contributed by atoms with Gasteiger partial charge in [0.05, 0.1) is 30.9 Å². The number of rotatable bonds is 12. The molecular weight excluding hydrogens is 1500 g/mol. The minimum Gasteiger partial charge on any atom is -0.478 e. The third kappa shape index (κ3) is 22.4. The van der Waals surface area contributed by atoms with Crippen molar-refractivity contribution in [2.45, 2.75) is 83.3 Å². The van der Waals surface area contributed by atoms with Crippen LogP contribution in [0.4, 0.5) is 44.7 Å². The lowest BCUT2D eigenvalue weighted by Gasteiger charge is -2.31. The number of esters is 2. The fourth-order valence-electron chi connectivity index (χ4n) is 11.8. The monoisotopic (exact) mass is 1570 g/mol. The Morgan fingerprint density at radius 3 is 1.13 bits per heavy atom. The Balaban J connectivity index is 0.000000162. The number of alkyl halides is 1. The molecule has 546 valence electrons. The Morgan fingerprint density at radius 1 is 0.442 bits per heavy atom. The van der Waals surface area contributed by atoms with Crippen LogP contribution < -0.4 is 31.0 Å². The summed E-state index contributed by atoms with van der Waals surface area (Å²) >= 11 is 27.1. The van der Waals surface area contributed by atoms with E-state index in [4.69, 9.17) is 61.9 Å². The van der Waals surface area contributed by atoms with Crippen LogP contribution in [0, 0.1) is 36.0 Å². The number of aryl methyl sites for hydroxylation is 5. The number of methoxy groups -OCH3 is 2. The number of amides is 2. The van der Waals surface area contributed by atoms with Crippen molar-refractivity contribution >= 4 is 115 Å². The van der Waals surface area contributed by atoms with Gasteiger partial charge in [-0.1, -0.05) is 92.7 Å². The number of fused-ring (bicyclic) bond motifs is 4. The number of hydroxylamine groups is 2. The van der Waals surface area contributed by atoms with E-state index in [9.17, 15) is 45.9 Å². The van der Waals surface area contributed by atoms with Crippen LogP contribution in [0.3, 0.4) is 0 Å². The van der Waals surface area contributed by atoms with E-state index in [-0.39, 0.29) is 27.8 Å². The predicted octanol–water partition coefficient (Wildman–Crippen LogP) is 18.4. The van der Waals surface area contributed by atoms with Gasteiger partial charge in [-0.15, -0.1) is 0 Å². The molecule has 0 fully saturated rings. The SMILES string of the molecule is COC(=O)c1ccc(CBr)c(F)c1.COC(=O)c1ccc(CN2CCCc3cc(Cl)ccc32)c(F)c1.Cc1ccc(C(=O)O)cc1F.Clc1ccc2c(c1)CCCN2.O=C(NO)c1ccc(CN2CCCc3cc(Cl)ccc32)c(F)c1.O=C(NO)c1ccc(CN2CCCc3cc(Cl)ccc32)c(F)c1. The van der Waals surface area contributed by atoms with Crippen molar-refractivity contribution in [3.05, 3.63) is 291 Å². The van der Waals surface area contributed by atoms with Crippen LogP contribution >= 0.6 is 62.3 Å². The van der Waals surface area contributed by atoms with Gasteiger partial charge in [-0.2, -0.15) is 0 Å². The topological polar surface area (TPSA) is 210 Å². The second-order valence-corrected chi connectivity index (χ2v) is 26.5. The highest BCUT2D eigenvalue weighted by atomic mass is 79.9. The molecule has 0 radical (unpaired) electrons. The largest absolute Gasteiger partial charge is 0.478 e. The summed E-state index contributed by atoms with van der Waals surface area (Å²) in [5.41, 5.74) is 15.5. The lowest BCUT2D eigenvalue weighted by atomic mass is 10.0. The molecule has 4 heterocycles. The number of aromatic carboxylic acids is 1. The molecule has 9 aromatic rings. The Kier molecular flexibility index (Phi) is 30.2. The van der Waals surface area contributed by atoms with Crippen LogP contribution in [-0.2, 0) is 60.1 Å². The van der Waals surface area contributed by atoms with Gasteiger partial charge >= 0.3 is 17.9 Å². The number of hydrogen-bond acceptors (Lipinski definition) is 13. The van der Waals surface area contributed by atoms with Crippen molar-refractivity contribution in [1.29, 1.82) is 0 Å². The average molecular weight is 1570 g/mol. The van der Waals surface area contributed by atoms with Crippen LogP contribution in [0.15, 0.2) is 164 Å². The number of anilines is 4. The third-order valence-electron chi connectivity index (χ3n) is 17.2. The molecule has 0 atom stereocenters. The number of nitrogens with zero attached hydrogens (tertiary/aromatic N) is 3. The number of carbonyl (C=O) groups is 5. The molecule has 9 aromatic carbocycles. The minimum absolute atomic E-state index is 0.0203. The van der Waals surface area contributed by atoms with Crippen LogP contribution in [0.5, 0.6) is 0 Å². The maximum absolute atomic E-state index is 14.3. The molecule has 0 bridgehead atoms. The number of carboxylic acids is 1. The summed E-state index contributed by atoms with van der Waals surface area (Å²) in [6.45, 7) is 6.52. The van der Waals surface area contributed by atoms with Gasteiger partial charge in [0, 0.05) is 122 Å². The summed E-state index contributed by atoms with van der Waals surface area (Å²) in [6.07, 6.45) is 8.26. The normalized spacial score (nSPS) is 12.9. The summed E-state index contributed by atoms with van der Waals surface area (Å²) < 4.78 is 77.6. The summed E-state index contributed by atoms with van der Waals surface area (Å²) in [4.78, 5) is 61.7. The van der Waals surface area contributed by atoms with E-state index in [2.05, 4.69) is 51.5 Å². The summed E-state index contributed by atoms with van der Waals surface area (Å²) in [5, 5.41) is 32.4. The molecule has 0 unspecified atom stereocenters. The number of halogens is 10. The third-order valence-corrected chi connectivity index (χ3v) is 18.7. The Labute approximate surface area is 627 Å². The van der Waals surface area contributed by atoms with E-state index in [1.807, 2.05) is 66.7 Å². The van der Waals surface area contributed by atoms with Crippen molar-refractivity contribution < 1.29 is 70.9 Å². The number of carboxylic acid groups (broad SMARTS) is 1. The van der Waals surface area contributed by atoms with E-state index in [1.54, 1.807) is 37.3 Å². The van der Waals surface area contributed by atoms with Gasteiger partial charge < -0.3 is 34.6 Å². The smallest absolute Gasteiger partial charge is 0.337 e. The van der Waals surface area contributed by atoms with E-state index in [1.165, 1.54) is 102 Å². The van der Waals surface area contributed by atoms with Gasteiger partial charge in [-0.25, -0.2) is 47.3 Å². The Morgan fingerprint density at radius 2 is 0.779 bits per heavy atom. The highest BCUT2D eigenvalue weighted by molar-refractivity contribution is 9.08. The Bertz CT molecular complexity index is 4260. The molecule has 16 nitrogen and oxygen atoms in total. The fraction of sp³-hybridized carbons (Fsp3) is 0.244. The number of ether oxygens (including phenoxy) is 2. The van der Waals surface area contributed by atoms with Crippen LogP contribution in [0.25, 0.3) is 0 Å². The molecule has 0 aliphatic carbocycles.